The third-order valence-electron chi connectivity index (χ3n) is 6.34. The van der Waals surface area contributed by atoms with Gasteiger partial charge in [0.15, 0.2) is 0 Å². The molecule has 0 saturated carbocycles. The van der Waals surface area contributed by atoms with Gasteiger partial charge in [0.1, 0.15) is 11.8 Å². The largest absolute Gasteiger partial charge is 0.497 e. The van der Waals surface area contributed by atoms with E-state index in [1.54, 1.807) is 43.2 Å². The number of aryl methyl sites for hydroxylation is 1. The molecule has 0 radical (unpaired) electrons. The maximum Gasteiger partial charge on any atom is 0.255 e. The number of carbonyl (C=O) groups is 2. The standard InChI is InChI=1S/C24H31N5O5/c1-16-19(22(31)27-24(25-16)28-12-14-34-15-13-28)9-10-21(30)29-11-3-4-20(29)23(32)26-17-5-7-18(33-2)8-6-17/h5-8,20H,3-4,9-15H2,1-2H3,(H,26,32)(H,25,27,31). The molecule has 10 heteroatoms. The molecule has 0 bridgehead atoms. The highest BCUT2D eigenvalue weighted by Gasteiger charge is 2.34. The summed E-state index contributed by atoms with van der Waals surface area (Å²) in [6, 6.07) is 6.55. The molecule has 2 fully saturated rings. The fourth-order valence-electron chi connectivity index (χ4n) is 4.43. The van der Waals surface area contributed by atoms with Crippen molar-refractivity contribution in [2.75, 3.05) is 50.2 Å². The maximum atomic E-state index is 13.0. The minimum Gasteiger partial charge on any atom is -0.497 e. The van der Waals surface area contributed by atoms with Crippen molar-refractivity contribution in [3.8, 4) is 5.75 Å². The fourth-order valence-corrected chi connectivity index (χ4v) is 4.43. The number of hydrogen-bond donors (Lipinski definition) is 2. The number of rotatable bonds is 7. The van der Waals surface area contributed by atoms with Crippen molar-refractivity contribution in [1.29, 1.82) is 0 Å². The van der Waals surface area contributed by atoms with E-state index in [-0.39, 0.29) is 30.2 Å². The summed E-state index contributed by atoms with van der Waals surface area (Å²) in [5, 5.41) is 2.88. The first-order valence-corrected chi connectivity index (χ1v) is 11.6. The predicted molar refractivity (Wildman–Crippen MR) is 127 cm³/mol. The Hall–Kier alpha value is -3.40. The first kappa shape index (κ1) is 23.7. The lowest BCUT2D eigenvalue weighted by Crippen LogP contribution is -2.43. The lowest BCUT2D eigenvalue weighted by Gasteiger charge is -2.27. The van der Waals surface area contributed by atoms with E-state index in [9.17, 15) is 14.4 Å². The zero-order chi connectivity index (χ0) is 24.1. The Balaban J connectivity index is 1.37. The minimum absolute atomic E-state index is 0.136. The van der Waals surface area contributed by atoms with Crippen LogP contribution in [0.2, 0.25) is 0 Å². The average Bonchev–Trinajstić information content (AvgIpc) is 3.35. The number of nitrogens with one attached hydrogen (secondary N) is 2. The Morgan fingerprint density at radius 1 is 1.21 bits per heavy atom. The van der Waals surface area contributed by atoms with Crippen molar-refractivity contribution >= 4 is 23.5 Å². The highest BCUT2D eigenvalue weighted by molar-refractivity contribution is 5.97. The lowest BCUT2D eigenvalue weighted by atomic mass is 10.1. The third-order valence-corrected chi connectivity index (χ3v) is 6.34. The topological polar surface area (TPSA) is 117 Å². The predicted octanol–water partition coefficient (Wildman–Crippen LogP) is 1.49. The van der Waals surface area contributed by atoms with Gasteiger partial charge in [-0.3, -0.25) is 19.4 Å². The van der Waals surface area contributed by atoms with Gasteiger partial charge < -0.3 is 24.6 Å². The summed E-state index contributed by atoms with van der Waals surface area (Å²) in [7, 11) is 1.58. The molecule has 2 aromatic rings. The Labute approximate surface area is 198 Å². The van der Waals surface area contributed by atoms with Gasteiger partial charge in [0, 0.05) is 43.0 Å². The number of hydrogen-bond acceptors (Lipinski definition) is 7. The first-order chi connectivity index (χ1) is 16.5. The second kappa shape index (κ2) is 10.7. The molecule has 0 aliphatic carbocycles. The Morgan fingerprint density at radius 2 is 1.94 bits per heavy atom. The molecule has 2 amide bonds. The van der Waals surface area contributed by atoms with Crippen LogP contribution in [0.1, 0.15) is 30.5 Å². The highest BCUT2D eigenvalue weighted by Crippen LogP contribution is 2.22. The lowest BCUT2D eigenvalue weighted by molar-refractivity contribution is -0.136. The van der Waals surface area contributed by atoms with Crippen LogP contribution < -0.4 is 20.5 Å². The first-order valence-electron chi connectivity index (χ1n) is 11.6. The van der Waals surface area contributed by atoms with E-state index in [4.69, 9.17) is 9.47 Å². The van der Waals surface area contributed by atoms with Crippen molar-refractivity contribution in [3.05, 3.63) is 45.9 Å². The van der Waals surface area contributed by atoms with Crippen molar-refractivity contribution in [3.63, 3.8) is 0 Å². The minimum atomic E-state index is -0.518. The number of carbonyl (C=O) groups excluding carboxylic acids is 2. The molecule has 2 aliphatic heterocycles. The quantitative estimate of drug-likeness (QED) is 0.631. The molecule has 4 rings (SSSR count). The summed E-state index contributed by atoms with van der Waals surface area (Å²) in [6.45, 7) is 4.87. The normalized spacial score (nSPS) is 18.1. The fraction of sp³-hybridized carbons (Fsp3) is 0.500. The van der Waals surface area contributed by atoms with Gasteiger partial charge in [-0.1, -0.05) is 0 Å². The molecule has 1 aromatic heterocycles. The second-order valence-corrected chi connectivity index (χ2v) is 8.52. The van der Waals surface area contributed by atoms with Crippen LogP contribution in [0.15, 0.2) is 29.1 Å². The van der Waals surface area contributed by atoms with Crippen LogP contribution in [-0.4, -0.2) is 72.7 Å². The number of amides is 2. The molecule has 2 saturated heterocycles. The van der Waals surface area contributed by atoms with Gasteiger partial charge in [0.05, 0.1) is 20.3 Å². The van der Waals surface area contributed by atoms with Gasteiger partial charge in [0.2, 0.25) is 17.8 Å². The summed E-state index contributed by atoms with van der Waals surface area (Å²) < 4.78 is 10.5. The number of H-pyrrole nitrogens is 1. The summed E-state index contributed by atoms with van der Waals surface area (Å²) in [6.07, 6.45) is 1.81. The second-order valence-electron chi connectivity index (χ2n) is 8.52. The summed E-state index contributed by atoms with van der Waals surface area (Å²) in [5.41, 5.74) is 1.55. The molecule has 2 aliphatic rings. The number of anilines is 2. The van der Waals surface area contributed by atoms with E-state index in [1.165, 1.54) is 0 Å². The van der Waals surface area contributed by atoms with E-state index in [0.29, 0.717) is 67.9 Å². The van der Waals surface area contributed by atoms with Crippen LogP contribution in [0.4, 0.5) is 11.6 Å². The van der Waals surface area contributed by atoms with Gasteiger partial charge in [0.25, 0.3) is 5.56 Å². The van der Waals surface area contributed by atoms with Crippen molar-refractivity contribution in [2.24, 2.45) is 0 Å². The molecule has 0 spiro atoms. The van der Waals surface area contributed by atoms with E-state index in [2.05, 4.69) is 15.3 Å². The maximum absolute atomic E-state index is 13.0. The molecule has 1 atom stereocenters. The zero-order valence-electron chi connectivity index (χ0n) is 19.6. The molecular formula is C24H31N5O5. The molecule has 2 N–H and O–H groups in total. The van der Waals surface area contributed by atoms with Crippen molar-refractivity contribution in [1.82, 2.24) is 14.9 Å². The van der Waals surface area contributed by atoms with Gasteiger partial charge in [-0.25, -0.2) is 4.98 Å². The van der Waals surface area contributed by atoms with E-state index in [0.717, 1.165) is 6.42 Å². The summed E-state index contributed by atoms with van der Waals surface area (Å²) >= 11 is 0. The summed E-state index contributed by atoms with van der Waals surface area (Å²) in [4.78, 5) is 49.5. The van der Waals surface area contributed by atoms with E-state index < -0.39 is 6.04 Å². The zero-order valence-corrected chi connectivity index (χ0v) is 19.6. The smallest absolute Gasteiger partial charge is 0.255 e. The highest BCUT2D eigenvalue weighted by atomic mass is 16.5. The SMILES string of the molecule is COc1ccc(NC(=O)C2CCCN2C(=O)CCc2c(C)nc(N3CCOCC3)[nH]c2=O)cc1. The van der Waals surface area contributed by atoms with Crippen LogP contribution >= 0.6 is 0 Å². The Morgan fingerprint density at radius 3 is 2.62 bits per heavy atom. The molecular weight excluding hydrogens is 438 g/mol. The van der Waals surface area contributed by atoms with Crippen LogP contribution in [0.25, 0.3) is 0 Å². The molecule has 10 nitrogen and oxygen atoms in total. The summed E-state index contributed by atoms with van der Waals surface area (Å²) in [5.74, 6) is 0.897. The number of likely N-dealkylation sites (tertiary alicyclic amines) is 1. The molecule has 182 valence electrons. The Kier molecular flexibility index (Phi) is 7.46. The Bertz CT molecular complexity index is 1080. The number of benzene rings is 1. The van der Waals surface area contributed by atoms with E-state index >= 15 is 0 Å². The van der Waals surface area contributed by atoms with Gasteiger partial charge in [-0.05, 0) is 50.5 Å². The molecule has 34 heavy (non-hydrogen) atoms. The molecule has 3 heterocycles. The van der Waals surface area contributed by atoms with Crippen molar-refractivity contribution < 1.29 is 19.1 Å². The number of nitrogens with zero attached hydrogens (tertiary/aromatic N) is 3. The number of ether oxygens (including phenoxy) is 2. The number of aromatic nitrogens is 2. The monoisotopic (exact) mass is 469 g/mol. The number of aromatic amines is 1. The number of morpholine rings is 1. The van der Waals surface area contributed by atoms with Gasteiger partial charge in [-0.15, -0.1) is 0 Å². The van der Waals surface area contributed by atoms with Crippen LogP contribution in [0.3, 0.4) is 0 Å². The third kappa shape index (κ3) is 5.39. The number of methoxy groups -OCH3 is 1. The average molecular weight is 470 g/mol. The van der Waals surface area contributed by atoms with Crippen LogP contribution in [-0.2, 0) is 20.7 Å². The van der Waals surface area contributed by atoms with Crippen molar-refractivity contribution in [2.45, 2.75) is 38.6 Å². The molecule has 1 unspecified atom stereocenters. The van der Waals surface area contributed by atoms with Gasteiger partial charge in [-0.2, -0.15) is 0 Å². The van der Waals surface area contributed by atoms with E-state index in [1.807, 2.05) is 4.90 Å². The van der Waals surface area contributed by atoms with Gasteiger partial charge >= 0.3 is 0 Å². The van der Waals surface area contributed by atoms with Crippen LogP contribution in [0, 0.1) is 6.92 Å². The van der Waals surface area contributed by atoms with Crippen LogP contribution in [0.5, 0.6) is 5.75 Å². The molecule has 1 aromatic carbocycles.